The highest BCUT2D eigenvalue weighted by Crippen LogP contribution is 2.47. The molecule has 2 aliphatic rings. The maximum absolute atomic E-state index is 14.8. The lowest BCUT2D eigenvalue weighted by Crippen LogP contribution is -2.42. The van der Waals surface area contributed by atoms with Crippen molar-refractivity contribution in [3.8, 4) is 5.75 Å². The Labute approximate surface area is 192 Å². The topological polar surface area (TPSA) is 48.0 Å². The van der Waals surface area contributed by atoms with Gasteiger partial charge in [0, 0.05) is 30.6 Å². The first-order chi connectivity index (χ1) is 15.1. The summed E-state index contributed by atoms with van der Waals surface area (Å²) in [6.45, 7) is 8.17. The van der Waals surface area contributed by atoms with Crippen molar-refractivity contribution in [3.05, 3.63) is 76.1 Å². The fraction of sp³-hybridized carbons (Fsp3) is 0.400. The Hall–Kier alpha value is -2.57. The van der Waals surface area contributed by atoms with Gasteiger partial charge in [-0.15, -0.1) is 0 Å². The molecule has 0 saturated heterocycles. The number of benzene rings is 2. The predicted octanol–water partition coefficient (Wildman–Crippen LogP) is 6.37. The molecule has 0 bridgehead atoms. The van der Waals surface area contributed by atoms with Gasteiger partial charge in [-0.1, -0.05) is 35.9 Å². The minimum Gasteiger partial charge on any atom is -0.458 e. The van der Waals surface area contributed by atoms with Crippen molar-refractivity contribution >= 4 is 17.7 Å². The Morgan fingerprint density at radius 1 is 1.25 bits per heavy atom. The molecule has 2 heterocycles. The molecule has 4 rings (SSSR count). The van der Waals surface area contributed by atoms with Crippen LogP contribution in [0.3, 0.4) is 0 Å². The number of hydrogen-bond donors (Lipinski definition) is 0. The molecule has 170 valence electrons. The second-order valence-corrected chi connectivity index (χ2v) is 9.60. The van der Waals surface area contributed by atoms with Crippen molar-refractivity contribution < 1.29 is 23.4 Å². The Balaban J connectivity index is 1.63. The van der Waals surface area contributed by atoms with E-state index in [2.05, 4.69) is 0 Å². The molecule has 0 saturated carbocycles. The molecule has 5 nitrogen and oxygen atoms in total. The molecule has 0 fully saturated rings. The van der Waals surface area contributed by atoms with Crippen LogP contribution in [0.15, 0.2) is 54.1 Å². The van der Waals surface area contributed by atoms with Crippen molar-refractivity contribution in [2.24, 2.45) is 0 Å². The summed E-state index contributed by atoms with van der Waals surface area (Å²) in [5.74, 6) is -1.19. The number of carbonyl (C=O) groups excluding carboxylic acids is 1. The Kier molecular flexibility index (Phi) is 5.94. The van der Waals surface area contributed by atoms with E-state index in [1.54, 1.807) is 24.0 Å². The summed E-state index contributed by atoms with van der Waals surface area (Å²) in [7, 11) is 0. The predicted molar refractivity (Wildman–Crippen MR) is 120 cm³/mol. The molecule has 0 aliphatic carbocycles. The molecular formula is C25H27ClFNO4. The van der Waals surface area contributed by atoms with Crippen molar-refractivity contribution in [1.29, 1.82) is 0 Å². The Morgan fingerprint density at radius 2 is 2.00 bits per heavy atom. The van der Waals surface area contributed by atoms with Crippen LogP contribution in [-0.4, -0.2) is 29.7 Å². The third-order valence-electron chi connectivity index (χ3n) is 5.50. The summed E-state index contributed by atoms with van der Waals surface area (Å²) in [4.78, 5) is 14.1. The van der Waals surface area contributed by atoms with Gasteiger partial charge < -0.3 is 19.1 Å². The first kappa shape index (κ1) is 22.6. The van der Waals surface area contributed by atoms with Crippen LogP contribution in [-0.2, 0) is 15.3 Å². The summed E-state index contributed by atoms with van der Waals surface area (Å²) < 4.78 is 32.8. The monoisotopic (exact) mass is 459 g/mol. The number of fused-ring (bicyclic) bond motifs is 1. The minimum atomic E-state index is -1.34. The average Bonchev–Trinajstić information content (AvgIpc) is 2.72. The van der Waals surface area contributed by atoms with Crippen LogP contribution >= 0.6 is 11.6 Å². The number of carbonyl (C=O) groups is 1. The van der Waals surface area contributed by atoms with Gasteiger partial charge in [0.2, 0.25) is 5.79 Å². The highest BCUT2D eigenvalue weighted by Gasteiger charge is 2.43. The third-order valence-corrected chi connectivity index (χ3v) is 5.74. The van der Waals surface area contributed by atoms with Crippen LogP contribution in [0.25, 0.3) is 0 Å². The average molecular weight is 460 g/mol. The first-order valence-electron chi connectivity index (χ1n) is 10.6. The molecule has 2 aliphatic heterocycles. The van der Waals surface area contributed by atoms with Crippen LogP contribution in [0.2, 0.25) is 5.02 Å². The van der Waals surface area contributed by atoms with E-state index in [0.717, 1.165) is 11.1 Å². The standard InChI is InChI=1S/C25H27ClFNO4/c1-24(2,3)32-23(29)28-13-11-16(12-14-28)22-18-7-5-6-8-21(18)30-25(4,31-22)19-10-9-17(26)15-20(19)27/h5-11,15,22H,12-14H2,1-4H3/t22?,25-/m0/s1. The molecule has 7 heteroatoms. The van der Waals surface area contributed by atoms with Gasteiger partial charge >= 0.3 is 6.09 Å². The van der Waals surface area contributed by atoms with Crippen LogP contribution in [0.5, 0.6) is 5.75 Å². The van der Waals surface area contributed by atoms with Crippen LogP contribution in [0.1, 0.15) is 51.3 Å². The van der Waals surface area contributed by atoms with E-state index in [0.29, 0.717) is 30.3 Å². The van der Waals surface area contributed by atoms with Crippen molar-refractivity contribution in [2.75, 3.05) is 13.1 Å². The zero-order chi connectivity index (χ0) is 23.1. The van der Waals surface area contributed by atoms with E-state index in [1.165, 1.54) is 6.07 Å². The molecular weight excluding hydrogens is 433 g/mol. The lowest BCUT2D eigenvalue weighted by Gasteiger charge is -2.42. The number of amides is 1. The number of rotatable bonds is 2. The second kappa shape index (κ2) is 8.41. The van der Waals surface area contributed by atoms with Crippen molar-refractivity contribution in [1.82, 2.24) is 4.90 Å². The smallest absolute Gasteiger partial charge is 0.410 e. The van der Waals surface area contributed by atoms with Gasteiger partial charge in [0.05, 0.1) is 5.56 Å². The van der Waals surface area contributed by atoms with Crippen LogP contribution in [0, 0.1) is 5.82 Å². The summed E-state index contributed by atoms with van der Waals surface area (Å²) in [5.41, 5.74) is 1.61. The van der Waals surface area contributed by atoms with Crippen molar-refractivity contribution in [2.45, 2.75) is 51.6 Å². The fourth-order valence-corrected chi connectivity index (χ4v) is 4.14. The molecule has 0 aromatic heterocycles. The summed E-state index contributed by atoms with van der Waals surface area (Å²) in [6.07, 6.45) is 1.82. The SMILES string of the molecule is CC(C)(C)OC(=O)N1CC=C(C2O[C@@](C)(c3ccc(Cl)cc3F)Oc3ccccc32)CC1. The molecule has 2 aromatic rings. The molecule has 0 radical (unpaired) electrons. The number of halogens is 2. The van der Waals surface area contributed by atoms with E-state index in [4.69, 9.17) is 25.8 Å². The van der Waals surface area contributed by atoms with Gasteiger partial charge in [-0.2, -0.15) is 0 Å². The molecule has 1 unspecified atom stereocenters. The van der Waals surface area contributed by atoms with Gasteiger partial charge in [0.15, 0.2) is 0 Å². The maximum atomic E-state index is 14.8. The fourth-order valence-electron chi connectivity index (χ4n) is 3.98. The lowest BCUT2D eigenvalue weighted by atomic mass is 9.93. The van der Waals surface area contributed by atoms with Gasteiger partial charge in [-0.3, -0.25) is 0 Å². The van der Waals surface area contributed by atoms with E-state index < -0.39 is 23.3 Å². The number of nitrogens with zero attached hydrogens (tertiary/aromatic N) is 1. The maximum Gasteiger partial charge on any atom is 0.410 e. The van der Waals surface area contributed by atoms with Gasteiger partial charge in [-0.25, -0.2) is 9.18 Å². The molecule has 2 atom stereocenters. The number of para-hydroxylation sites is 1. The van der Waals surface area contributed by atoms with Crippen LogP contribution in [0.4, 0.5) is 9.18 Å². The highest BCUT2D eigenvalue weighted by atomic mass is 35.5. The second-order valence-electron chi connectivity index (χ2n) is 9.16. The summed E-state index contributed by atoms with van der Waals surface area (Å²) in [5, 5.41) is 0.305. The molecule has 2 aromatic carbocycles. The Morgan fingerprint density at radius 3 is 2.66 bits per heavy atom. The zero-order valence-corrected chi connectivity index (χ0v) is 19.4. The van der Waals surface area contributed by atoms with Gasteiger partial charge in [0.1, 0.15) is 23.3 Å². The number of ether oxygens (including phenoxy) is 3. The normalized spacial score (nSPS) is 23.1. The van der Waals surface area contributed by atoms with E-state index in [9.17, 15) is 9.18 Å². The van der Waals surface area contributed by atoms with E-state index >= 15 is 0 Å². The molecule has 0 spiro atoms. The zero-order valence-electron chi connectivity index (χ0n) is 18.7. The van der Waals surface area contributed by atoms with Crippen molar-refractivity contribution in [3.63, 3.8) is 0 Å². The lowest BCUT2D eigenvalue weighted by molar-refractivity contribution is -0.220. The van der Waals surface area contributed by atoms with Crippen LogP contribution < -0.4 is 4.74 Å². The van der Waals surface area contributed by atoms with E-state index in [-0.39, 0.29) is 11.7 Å². The highest BCUT2D eigenvalue weighted by molar-refractivity contribution is 6.30. The number of hydrogen-bond acceptors (Lipinski definition) is 4. The van der Waals surface area contributed by atoms with Gasteiger partial charge in [0.25, 0.3) is 0 Å². The third kappa shape index (κ3) is 4.62. The minimum absolute atomic E-state index is 0.271. The first-order valence-corrected chi connectivity index (χ1v) is 11.0. The summed E-state index contributed by atoms with van der Waals surface area (Å²) >= 11 is 5.94. The molecule has 0 N–H and O–H groups in total. The molecule has 1 amide bonds. The quantitative estimate of drug-likeness (QED) is 0.489. The van der Waals surface area contributed by atoms with E-state index in [1.807, 2.05) is 51.1 Å². The van der Waals surface area contributed by atoms with Gasteiger partial charge in [-0.05, 0) is 57.0 Å². The summed E-state index contributed by atoms with van der Waals surface area (Å²) in [6, 6.07) is 12.0. The molecule has 32 heavy (non-hydrogen) atoms. The Bertz CT molecular complexity index is 1060. The largest absolute Gasteiger partial charge is 0.458 e.